The normalized spacial score (nSPS) is 13.4. The molecular weight excluding hydrogens is 382 g/mol. The summed E-state index contributed by atoms with van der Waals surface area (Å²) >= 11 is 0. The van der Waals surface area contributed by atoms with E-state index in [-0.39, 0.29) is 0 Å². The predicted molar refractivity (Wildman–Crippen MR) is 130 cm³/mol. The van der Waals surface area contributed by atoms with Gasteiger partial charge in [0.25, 0.3) is 0 Å². The van der Waals surface area contributed by atoms with Crippen molar-refractivity contribution in [2.75, 3.05) is 26.1 Å². The lowest BCUT2D eigenvalue weighted by Gasteiger charge is -2.34. The van der Waals surface area contributed by atoms with Crippen LogP contribution in [0.3, 0.4) is 0 Å². The second-order valence-electron chi connectivity index (χ2n) is 9.01. The molecule has 0 aliphatic rings. The molecule has 164 valence electrons. The van der Waals surface area contributed by atoms with E-state index in [9.17, 15) is 5.11 Å². The Hall–Kier alpha value is -2.78. The molecule has 1 N–H and O–H groups in total. The number of aliphatic hydroxyl groups is 1. The lowest BCUT2D eigenvalue weighted by molar-refractivity contribution is 0.125. The first-order valence-electron chi connectivity index (χ1n) is 11.0. The summed E-state index contributed by atoms with van der Waals surface area (Å²) in [5.41, 5.74) is 5.03. The Kier molecular flexibility index (Phi) is 6.76. The van der Waals surface area contributed by atoms with Crippen molar-refractivity contribution in [1.82, 2.24) is 0 Å². The maximum atomic E-state index is 12.4. The molecule has 0 spiro atoms. The minimum atomic E-state index is -1.27. The molecule has 0 aliphatic carbocycles. The van der Waals surface area contributed by atoms with Crippen molar-refractivity contribution in [2.24, 2.45) is 0 Å². The van der Waals surface area contributed by atoms with E-state index < -0.39 is 5.60 Å². The van der Waals surface area contributed by atoms with E-state index in [4.69, 9.17) is 4.74 Å². The van der Waals surface area contributed by atoms with Gasteiger partial charge < -0.3 is 14.7 Å². The third kappa shape index (κ3) is 4.33. The highest BCUT2D eigenvalue weighted by Gasteiger charge is 2.35. The van der Waals surface area contributed by atoms with Gasteiger partial charge in [-0.1, -0.05) is 70.2 Å². The van der Waals surface area contributed by atoms with Crippen molar-refractivity contribution in [1.29, 1.82) is 0 Å². The molecule has 3 nitrogen and oxygen atoms in total. The van der Waals surface area contributed by atoms with Crippen LogP contribution in [-0.4, -0.2) is 26.3 Å². The first-order valence-corrected chi connectivity index (χ1v) is 11.0. The fourth-order valence-corrected chi connectivity index (χ4v) is 4.30. The number of nitrogens with zero attached hydrogens (tertiary/aromatic N) is 1. The van der Waals surface area contributed by atoms with Crippen LogP contribution in [0.25, 0.3) is 0 Å². The van der Waals surface area contributed by atoms with Crippen molar-refractivity contribution in [3.63, 3.8) is 0 Å². The molecule has 0 bridgehead atoms. The van der Waals surface area contributed by atoms with Crippen molar-refractivity contribution < 1.29 is 9.84 Å². The quantitative estimate of drug-likeness (QED) is 0.458. The van der Waals surface area contributed by atoms with Crippen LogP contribution >= 0.6 is 0 Å². The average Bonchev–Trinajstić information content (AvgIpc) is 2.78. The molecule has 0 aliphatic heterocycles. The Labute approximate surface area is 187 Å². The number of rotatable bonds is 7. The highest BCUT2D eigenvalue weighted by atomic mass is 16.5. The Morgan fingerprint density at radius 1 is 0.742 bits per heavy atom. The van der Waals surface area contributed by atoms with Crippen LogP contribution in [0.1, 0.15) is 67.3 Å². The van der Waals surface area contributed by atoms with Gasteiger partial charge in [0.05, 0.1) is 7.11 Å². The first kappa shape index (κ1) is 22.9. The lowest BCUT2D eigenvalue weighted by Crippen LogP contribution is -2.30. The van der Waals surface area contributed by atoms with Gasteiger partial charge in [-0.05, 0) is 63.9 Å². The summed E-state index contributed by atoms with van der Waals surface area (Å²) in [5.74, 6) is 1.42. The fraction of sp³-hybridized carbons (Fsp3) is 0.357. The Bertz CT molecular complexity index is 978. The van der Waals surface area contributed by atoms with Crippen LogP contribution in [0.5, 0.6) is 5.75 Å². The monoisotopic (exact) mass is 417 g/mol. The second kappa shape index (κ2) is 9.15. The van der Waals surface area contributed by atoms with Gasteiger partial charge >= 0.3 is 0 Å². The summed E-state index contributed by atoms with van der Waals surface area (Å²) in [5, 5.41) is 12.4. The summed E-state index contributed by atoms with van der Waals surface area (Å²) in [6.07, 6.45) is 0. The number of hydrogen-bond acceptors (Lipinski definition) is 3. The smallest absolute Gasteiger partial charge is 0.140 e. The summed E-state index contributed by atoms with van der Waals surface area (Å²) in [4.78, 5) is 2.20. The van der Waals surface area contributed by atoms with E-state index in [1.165, 1.54) is 16.8 Å². The van der Waals surface area contributed by atoms with Crippen LogP contribution < -0.4 is 9.64 Å². The van der Waals surface area contributed by atoms with Gasteiger partial charge in [0.1, 0.15) is 11.4 Å². The van der Waals surface area contributed by atoms with Crippen LogP contribution in [0.2, 0.25) is 0 Å². The van der Waals surface area contributed by atoms with E-state index in [1.54, 1.807) is 7.11 Å². The zero-order chi connectivity index (χ0) is 22.8. The van der Waals surface area contributed by atoms with E-state index in [0.717, 1.165) is 22.4 Å². The average molecular weight is 418 g/mol. The van der Waals surface area contributed by atoms with Gasteiger partial charge in [0, 0.05) is 19.8 Å². The van der Waals surface area contributed by atoms with Crippen LogP contribution in [-0.2, 0) is 5.60 Å². The van der Waals surface area contributed by atoms with E-state index in [1.807, 2.05) is 54.6 Å². The molecule has 0 amide bonds. The molecule has 3 aromatic carbocycles. The second-order valence-corrected chi connectivity index (χ2v) is 9.01. The van der Waals surface area contributed by atoms with Crippen molar-refractivity contribution >= 4 is 5.69 Å². The molecule has 3 rings (SSSR count). The van der Waals surface area contributed by atoms with Crippen molar-refractivity contribution in [2.45, 2.75) is 45.1 Å². The molecule has 31 heavy (non-hydrogen) atoms. The topological polar surface area (TPSA) is 32.7 Å². The number of benzene rings is 3. The molecule has 3 heteroatoms. The molecule has 0 radical (unpaired) electrons. The Morgan fingerprint density at radius 3 is 1.65 bits per heavy atom. The van der Waals surface area contributed by atoms with Gasteiger partial charge in [-0.3, -0.25) is 0 Å². The summed E-state index contributed by atoms with van der Waals surface area (Å²) in [6.45, 7) is 8.85. The maximum Gasteiger partial charge on any atom is 0.140 e. The SMILES string of the molecule is COc1ccc(C(O)(c2ccccc2)c2cc(C(C)C)c(N(C)C)c(C(C)C)c2)cc1. The molecule has 1 unspecified atom stereocenters. The third-order valence-electron chi connectivity index (χ3n) is 5.98. The highest BCUT2D eigenvalue weighted by Crippen LogP contribution is 2.43. The summed E-state index contributed by atoms with van der Waals surface area (Å²) in [6, 6.07) is 22.0. The third-order valence-corrected chi connectivity index (χ3v) is 5.98. The highest BCUT2D eigenvalue weighted by molar-refractivity contribution is 5.65. The van der Waals surface area contributed by atoms with Crippen molar-refractivity contribution in [3.05, 3.63) is 94.5 Å². The minimum Gasteiger partial charge on any atom is -0.497 e. The first-order chi connectivity index (χ1) is 14.7. The largest absolute Gasteiger partial charge is 0.497 e. The van der Waals surface area contributed by atoms with Gasteiger partial charge in [-0.15, -0.1) is 0 Å². The molecule has 3 aromatic rings. The van der Waals surface area contributed by atoms with Gasteiger partial charge in [-0.2, -0.15) is 0 Å². The molecule has 0 saturated carbocycles. The summed E-state index contributed by atoms with van der Waals surface area (Å²) < 4.78 is 5.35. The number of hydrogen-bond donors (Lipinski definition) is 1. The van der Waals surface area contributed by atoms with E-state index >= 15 is 0 Å². The van der Waals surface area contributed by atoms with E-state index in [0.29, 0.717) is 11.8 Å². The Morgan fingerprint density at radius 2 is 1.23 bits per heavy atom. The fourth-order valence-electron chi connectivity index (χ4n) is 4.30. The molecular formula is C28H35NO2. The summed E-state index contributed by atoms with van der Waals surface area (Å²) in [7, 11) is 5.85. The predicted octanol–water partition coefficient (Wildman–Crippen LogP) is 6.29. The molecule has 0 fully saturated rings. The van der Waals surface area contributed by atoms with Gasteiger partial charge in [0.15, 0.2) is 0 Å². The number of methoxy groups -OCH3 is 1. The molecule has 0 saturated heterocycles. The lowest BCUT2D eigenvalue weighted by atomic mass is 9.77. The number of ether oxygens (including phenoxy) is 1. The maximum absolute atomic E-state index is 12.4. The minimum absolute atomic E-state index is 0.325. The Balaban J connectivity index is 2.36. The van der Waals surface area contributed by atoms with Crippen molar-refractivity contribution in [3.8, 4) is 5.75 Å². The van der Waals surface area contributed by atoms with Crippen LogP contribution in [0.15, 0.2) is 66.7 Å². The van der Waals surface area contributed by atoms with Gasteiger partial charge in [0.2, 0.25) is 0 Å². The molecule has 0 heterocycles. The molecule has 1 atom stereocenters. The van der Waals surface area contributed by atoms with Crippen LogP contribution in [0, 0.1) is 0 Å². The number of anilines is 1. The zero-order valence-corrected chi connectivity index (χ0v) is 19.8. The van der Waals surface area contributed by atoms with E-state index in [2.05, 4.69) is 58.8 Å². The molecule has 0 aromatic heterocycles. The van der Waals surface area contributed by atoms with Gasteiger partial charge in [-0.25, -0.2) is 0 Å². The standard InChI is InChI=1S/C28H35NO2/c1-19(2)25-17-23(18-26(20(3)4)27(25)29(5)6)28(30,21-11-9-8-10-12-21)22-13-15-24(31-7)16-14-22/h8-20,30H,1-7H3. The van der Waals surface area contributed by atoms with Crippen LogP contribution in [0.4, 0.5) is 5.69 Å². The zero-order valence-electron chi connectivity index (χ0n) is 19.8.